The number of thiocarbonyl (C=S) groups is 1. The van der Waals surface area contributed by atoms with Gasteiger partial charge in [0.2, 0.25) is 10.0 Å². The van der Waals surface area contributed by atoms with E-state index < -0.39 is 21.7 Å². The summed E-state index contributed by atoms with van der Waals surface area (Å²) in [6, 6.07) is 3.25. The molecule has 5 heterocycles. The van der Waals surface area contributed by atoms with Crippen LogP contribution in [0.15, 0.2) is 18.3 Å². The minimum Gasteiger partial charge on any atom is -0.493 e. The number of pyridine rings is 1. The number of sulfonamides is 1. The summed E-state index contributed by atoms with van der Waals surface area (Å²) in [5.41, 5.74) is 2.92. The lowest BCUT2D eigenvalue weighted by atomic mass is 9.96. The van der Waals surface area contributed by atoms with Crippen molar-refractivity contribution in [2.75, 3.05) is 75.7 Å². The zero-order valence-electron chi connectivity index (χ0n) is 25.6. The van der Waals surface area contributed by atoms with Crippen molar-refractivity contribution in [3.8, 4) is 11.5 Å². The zero-order chi connectivity index (χ0) is 31.9. The second-order valence-electron chi connectivity index (χ2n) is 11.6. The van der Waals surface area contributed by atoms with E-state index in [9.17, 15) is 8.42 Å². The normalized spacial score (nSPS) is 18.9. The van der Waals surface area contributed by atoms with Crippen LogP contribution in [0.4, 0.5) is 20.2 Å². The minimum absolute atomic E-state index is 0.0581. The van der Waals surface area contributed by atoms with Gasteiger partial charge in [0.15, 0.2) is 28.2 Å². The molecule has 0 saturated carbocycles. The van der Waals surface area contributed by atoms with Crippen LogP contribution in [0.25, 0.3) is 11.0 Å². The molecule has 0 amide bonds. The van der Waals surface area contributed by atoms with Crippen molar-refractivity contribution in [1.82, 2.24) is 19.2 Å². The van der Waals surface area contributed by atoms with Crippen LogP contribution in [0.5, 0.6) is 11.5 Å². The smallest absolute Gasteiger partial charge is 0.213 e. The van der Waals surface area contributed by atoms with Crippen LogP contribution in [-0.4, -0.2) is 98.6 Å². The van der Waals surface area contributed by atoms with E-state index in [2.05, 4.69) is 16.0 Å². The Bertz CT molecular complexity index is 1660. The summed E-state index contributed by atoms with van der Waals surface area (Å²) in [6.45, 7) is 6.73. The van der Waals surface area contributed by atoms with Gasteiger partial charge in [-0.1, -0.05) is 0 Å². The van der Waals surface area contributed by atoms with Crippen molar-refractivity contribution < 1.29 is 31.4 Å². The quantitative estimate of drug-likeness (QED) is 0.340. The molecule has 3 aliphatic rings. The van der Waals surface area contributed by atoms with Gasteiger partial charge in [0.25, 0.3) is 0 Å². The third-order valence-corrected chi connectivity index (χ3v) is 11.2. The third-order valence-electron chi connectivity index (χ3n) is 8.91. The fourth-order valence-electron chi connectivity index (χ4n) is 6.42. The van der Waals surface area contributed by atoms with Crippen molar-refractivity contribution in [3.63, 3.8) is 0 Å². The number of rotatable bonds is 9. The molecule has 2 fully saturated rings. The first-order valence-electron chi connectivity index (χ1n) is 15.1. The minimum atomic E-state index is -3.29. The lowest BCUT2D eigenvalue weighted by molar-refractivity contribution is 0.0337. The summed E-state index contributed by atoms with van der Waals surface area (Å²) in [7, 11) is -0.674. The number of aromatic nitrogens is 2. The molecule has 15 heteroatoms. The fraction of sp³-hybridized carbons (Fsp3) is 0.533. The molecule has 3 aliphatic heterocycles. The molecule has 6 rings (SSSR count). The summed E-state index contributed by atoms with van der Waals surface area (Å²) in [5.74, 6) is -1.96. The predicted molar refractivity (Wildman–Crippen MR) is 172 cm³/mol. The maximum Gasteiger partial charge on any atom is 0.213 e. The van der Waals surface area contributed by atoms with Gasteiger partial charge in [-0.15, -0.1) is 0 Å². The van der Waals surface area contributed by atoms with Gasteiger partial charge in [0.1, 0.15) is 11.3 Å². The van der Waals surface area contributed by atoms with Crippen molar-refractivity contribution in [2.45, 2.75) is 32.9 Å². The molecule has 45 heavy (non-hydrogen) atoms. The summed E-state index contributed by atoms with van der Waals surface area (Å²) < 4.78 is 74.1. The average Bonchev–Trinajstić information content (AvgIpc) is 3.46. The highest BCUT2D eigenvalue weighted by molar-refractivity contribution is 7.89. The predicted octanol–water partition coefficient (Wildman–Crippen LogP) is 3.86. The van der Waals surface area contributed by atoms with E-state index in [4.69, 9.17) is 31.4 Å². The number of H-pyrrole nitrogens is 1. The number of hydrogen-bond donors (Lipinski definition) is 1. The summed E-state index contributed by atoms with van der Waals surface area (Å²) in [4.78, 5) is 13.8. The summed E-state index contributed by atoms with van der Waals surface area (Å²) in [5, 5.41) is 1.09. The molecule has 0 radical (unpaired) electrons. The number of nitrogens with zero attached hydrogens (tertiary/aromatic N) is 5. The number of piperidine rings is 1. The van der Waals surface area contributed by atoms with Crippen molar-refractivity contribution in [3.05, 3.63) is 41.2 Å². The second-order valence-corrected chi connectivity index (χ2v) is 14.2. The molecule has 1 aromatic carbocycles. The molecule has 0 atom stereocenters. The molecular weight excluding hydrogens is 626 g/mol. The molecule has 2 aromatic heterocycles. The van der Waals surface area contributed by atoms with Crippen LogP contribution in [0.3, 0.4) is 0 Å². The number of aromatic amines is 1. The van der Waals surface area contributed by atoms with Crippen molar-refractivity contribution in [2.24, 2.45) is 5.92 Å². The molecule has 0 spiro atoms. The van der Waals surface area contributed by atoms with E-state index in [1.165, 1.54) is 29.5 Å². The Morgan fingerprint density at radius 2 is 1.71 bits per heavy atom. The number of hydrogen-bond acceptors (Lipinski definition) is 8. The summed E-state index contributed by atoms with van der Waals surface area (Å²) >= 11 is 6.03. The maximum atomic E-state index is 15.8. The van der Waals surface area contributed by atoms with Crippen LogP contribution in [0, 0.1) is 17.6 Å². The number of methoxy groups -OCH3 is 2. The Labute approximate surface area is 267 Å². The summed E-state index contributed by atoms with van der Waals surface area (Å²) in [6.07, 6.45) is 2.98. The molecule has 3 aromatic rings. The Hall–Kier alpha value is -3.11. The van der Waals surface area contributed by atoms with Gasteiger partial charge in [-0.25, -0.2) is 26.5 Å². The van der Waals surface area contributed by atoms with Crippen LogP contribution < -0.4 is 19.3 Å². The van der Waals surface area contributed by atoms with E-state index in [1.54, 1.807) is 13.1 Å². The molecular formula is C30H38F2N6O5S2. The van der Waals surface area contributed by atoms with Gasteiger partial charge >= 0.3 is 0 Å². The second kappa shape index (κ2) is 12.9. The number of halogens is 2. The molecule has 11 nitrogen and oxygen atoms in total. The van der Waals surface area contributed by atoms with Gasteiger partial charge < -0.3 is 29.0 Å². The highest BCUT2D eigenvalue weighted by atomic mass is 32.2. The van der Waals surface area contributed by atoms with Crippen LogP contribution in [0.1, 0.15) is 31.0 Å². The fourth-order valence-corrected chi connectivity index (χ4v) is 7.87. The molecule has 1 N–H and O–H groups in total. The van der Waals surface area contributed by atoms with Crippen molar-refractivity contribution >= 4 is 49.8 Å². The van der Waals surface area contributed by atoms with Gasteiger partial charge in [-0.2, -0.15) is 0 Å². The van der Waals surface area contributed by atoms with E-state index in [0.29, 0.717) is 57.9 Å². The van der Waals surface area contributed by atoms with Crippen LogP contribution in [-0.2, 0) is 27.8 Å². The number of nitrogens with one attached hydrogen (secondary N) is 1. The first kappa shape index (κ1) is 31.9. The van der Waals surface area contributed by atoms with Crippen LogP contribution >= 0.6 is 12.2 Å². The molecule has 244 valence electrons. The van der Waals surface area contributed by atoms with Gasteiger partial charge in [0, 0.05) is 68.2 Å². The Kier molecular flexibility index (Phi) is 9.17. The molecule has 0 aliphatic carbocycles. The van der Waals surface area contributed by atoms with Gasteiger partial charge in [0.05, 0.1) is 45.4 Å². The van der Waals surface area contributed by atoms with E-state index in [1.807, 2.05) is 4.90 Å². The maximum absolute atomic E-state index is 15.8. The van der Waals surface area contributed by atoms with E-state index >= 15 is 8.78 Å². The third kappa shape index (κ3) is 6.08. The lowest BCUT2D eigenvalue weighted by Gasteiger charge is -2.42. The largest absolute Gasteiger partial charge is 0.493 e. The molecule has 0 unspecified atom stereocenters. The first-order chi connectivity index (χ1) is 21.6. The Morgan fingerprint density at radius 1 is 1.04 bits per heavy atom. The highest BCUT2D eigenvalue weighted by Crippen LogP contribution is 2.43. The monoisotopic (exact) mass is 664 g/mol. The number of benzene rings is 1. The average molecular weight is 665 g/mol. The molecule has 2 saturated heterocycles. The highest BCUT2D eigenvalue weighted by Gasteiger charge is 2.37. The van der Waals surface area contributed by atoms with E-state index in [0.717, 1.165) is 35.4 Å². The Balaban J connectivity index is 1.40. The standard InChI is InChI=1S/C30H38F2N6O5S2/c1-4-45(39,40)36-7-5-19(6-8-36)16-37-27-20(15-33-29-22(27)13-21(34-29)18-35-9-11-43-12-10-35)17-38(30(37)44)28-25(31)23(41-2)14-24(42-3)26(28)32/h13-15,19H,4-12,16-18H2,1-3H3,(H,33,34). The Morgan fingerprint density at radius 3 is 2.33 bits per heavy atom. The molecule has 0 bridgehead atoms. The number of fused-ring (bicyclic) bond motifs is 3. The first-order valence-corrected chi connectivity index (χ1v) is 17.1. The SMILES string of the molecule is CCS(=O)(=O)N1CCC(CN2C(=S)N(c3c(F)c(OC)cc(OC)c3F)Cc3cnc4[nH]c(CN5CCOCC5)cc4c32)CC1. The van der Waals surface area contributed by atoms with Crippen LogP contribution in [0.2, 0.25) is 0 Å². The number of morpholine rings is 1. The van der Waals surface area contributed by atoms with E-state index in [-0.39, 0.29) is 40.5 Å². The number of ether oxygens (including phenoxy) is 3. The zero-order valence-corrected chi connectivity index (χ0v) is 27.3. The van der Waals surface area contributed by atoms with Gasteiger partial charge in [-0.05, 0) is 44.0 Å². The topological polar surface area (TPSA) is 103 Å². The number of anilines is 2. The van der Waals surface area contributed by atoms with Gasteiger partial charge in [-0.3, -0.25) is 4.90 Å². The van der Waals surface area contributed by atoms with Crippen molar-refractivity contribution in [1.29, 1.82) is 0 Å². The lowest BCUT2D eigenvalue weighted by Crippen LogP contribution is -2.51.